The van der Waals surface area contributed by atoms with E-state index in [1.165, 1.54) is 22.4 Å². The zero-order valence-corrected chi connectivity index (χ0v) is 17.5. The molecule has 1 aliphatic carbocycles. The number of thiophene rings is 1. The molecule has 1 N–H and O–H groups in total. The van der Waals surface area contributed by atoms with Crippen molar-refractivity contribution in [3.8, 4) is 0 Å². The zero-order valence-electron chi connectivity index (χ0n) is 15.2. The first-order valence-corrected chi connectivity index (χ1v) is 11.3. The number of carbonyl (C=O) groups excluding carboxylic acids is 1. The lowest BCUT2D eigenvalue weighted by Crippen LogP contribution is -2.42. The predicted octanol–water partition coefficient (Wildman–Crippen LogP) is 5.62. The van der Waals surface area contributed by atoms with Crippen molar-refractivity contribution >= 4 is 40.4 Å². The molecular formula is C21H24Cl2N2OS. The molecule has 0 bridgehead atoms. The summed E-state index contributed by atoms with van der Waals surface area (Å²) >= 11 is 14.1. The molecule has 0 saturated carbocycles. The third kappa shape index (κ3) is 4.19. The van der Waals surface area contributed by atoms with Crippen LogP contribution in [0, 0.1) is 0 Å². The smallest absolute Gasteiger partial charge is 0.236 e. The van der Waals surface area contributed by atoms with Crippen molar-refractivity contribution in [2.24, 2.45) is 0 Å². The van der Waals surface area contributed by atoms with Crippen molar-refractivity contribution in [3.63, 3.8) is 0 Å². The Labute approximate surface area is 174 Å². The Morgan fingerprint density at radius 3 is 2.70 bits per heavy atom. The minimum atomic E-state index is 0.234. The van der Waals surface area contributed by atoms with Gasteiger partial charge in [-0.1, -0.05) is 29.3 Å². The summed E-state index contributed by atoms with van der Waals surface area (Å²) in [5.74, 6) is 0.587. The van der Waals surface area contributed by atoms with E-state index in [2.05, 4.69) is 22.8 Å². The van der Waals surface area contributed by atoms with Gasteiger partial charge in [0.1, 0.15) is 0 Å². The van der Waals surface area contributed by atoms with Crippen LogP contribution >= 0.6 is 34.5 Å². The number of fused-ring (bicyclic) bond motifs is 1. The maximum absolute atomic E-state index is 12.5. The maximum Gasteiger partial charge on any atom is 0.236 e. The highest BCUT2D eigenvalue weighted by molar-refractivity contribution is 7.10. The van der Waals surface area contributed by atoms with E-state index in [4.69, 9.17) is 23.2 Å². The van der Waals surface area contributed by atoms with Gasteiger partial charge in [-0.15, -0.1) is 11.3 Å². The molecule has 1 aromatic heterocycles. The summed E-state index contributed by atoms with van der Waals surface area (Å²) in [6, 6.07) is 8.40. The van der Waals surface area contributed by atoms with Crippen LogP contribution in [0.1, 0.15) is 60.1 Å². The molecule has 2 aromatic rings. The van der Waals surface area contributed by atoms with E-state index in [0.717, 1.165) is 38.8 Å². The standard InChI is InChI=1S/C21H24Cl2N2OS/c22-17-6-4-14(12-18(17)23)15-5-7-19(16-8-11-27-21(15)16)24-13-20(26)25-9-2-1-3-10-25/h4,6,8,11-12,15,19,24H,1-3,5,7,9-10,13H2. The van der Waals surface area contributed by atoms with Crippen LogP contribution in [-0.2, 0) is 4.79 Å². The van der Waals surface area contributed by atoms with Gasteiger partial charge in [0.25, 0.3) is 0 Å². The van der Waals surface area contributed by atoms with E-state index in [-0.39, 0.29) is 11.9 Å². The molecule has 2 heterocycles. The molecule has 27 heavy (non-hydrogen) atoms. The lowest BCUT2D eigenvalue weighted by atomic mass is 9.82. The molecule has 3 nitrogen and oxygen atoms in total. The van der Waals surface area contributed by atoms with Crippen LogP contribution in [0.3, 0.4) is 0 Å². The second kappa shape index (κ2) is 8.52. The molecular weight excluding hydrogens is 399 g/mol. The van der Waals surface area contributed by atoms with E-state index < -0.39 is 0 Å². The highest BCUT2D eigenvalue weighted by Crippen LogP contribution is 2.44. The Morgan fingerprint density at radius 2 is 1.93 bits per heavy atom. The van der Waals surface area contributed by atoms with Gasteiger partial charge >= 0.3 is 0 Å². The van der Waals surface area contributed by atoms with Crippen LogP contribution < -0.4 is 5.32 Å². The number of hydrogen-bond acceptors (Lipinski definition) is 3. The predicted molar refractivity (Wildman–Crippen MR) is 113 cm³/mol. The topological polar surface area (TPSA) is 32.3 Å². The van der Waals surface area contributed by atoms with E-state index in [1.54, 1.807) is 11.3 Å². The number of likely N-dealkylation sites (tertiary alicyclic amines) is 1. The summed E-state index contributed by atoms with van der Waals surface area (Å²) in [6.07, 6.45) is 5.57. The van der Waals surface area contributed by atoms with Crippen molar-refractivity contribution < 1.29 is 4.79 Å². The average molecular weight is 423 g/mol. The number of amides is 1. The zero-order chi connectivity index (χ0) is 18.8. The van der Waals surface area contributed by atoms with E-state index in [0.29, 0.717) is 22.5 Å². The van der Waals surface area contributed by atoms with E-state index >= 15 is 0 Å². The fourth-order valence-electron chi connectivity index (χ4n) is 4.25. The van der Waals surface area contributed by atoms with Crippen LogP contribution in [0.25, 0.3) is 0 Å². The monoisotopic (exact) mass is 422 g/mol. The van der Waals surface area contributed by atoms with Gasteiger partial charge in [0, 0.05) is 29.9 Å². The highest BCUT2D eigenvalue weighted by atomic mass is 35.5. The summed E-state index contributed by atoms with van der Waals surface area (Å²) in [5.41, 5.74) is 2.55. The number of nitrogens with one attached hydrogen (secondary N) is 1. The molecule has 1 saturated heterocycles. The number of halogens is 2. The molecule has 4 rings (SSSR count). The molecule has 144 valence electrons. The van der Waals surface area contributed by atoms with Gasteiger partial charge in [-0.05, 0) is 66.8 Å². The van der Waals surface area contributed by atoms with Crippen molar-refractivity contribution in [2.45, 2.75) is 44.1 Å². The summed E-state index contributed by atoms with van der Waals surface area (Å²) in [7, 11) is 0. The molecule has 0 spiro atoms. The summed E-state index contributed by atoms with van der Waals surface area (Å²) in [4.78, 5) is 15.9. The fraction of sp³-hybridized carbons (Fsp3) is 0.476. The second-order valence-corrected chi connectivity index (χ2v) is 9.18. The fourth-order valence-corrected chi connectivity index (χ4v) is 5.68. The second-order valence-electron chi connectivity index (χ2n) is 7.42. The average Bonchev–Trinajstić information content (AvgIpc) is 3.19. The van der Waals surface area contributed by atoms with Crippen LogP contribution in [-0.4, -0.2) is 30.4 Å². The minimum absolute atomic E-state index is 0.234. The first kappa shape index (κ1) is 19.3. The highest BCUT2D eigenvalue weighted by Gasteiger charge is 2.30. The van der Waals surface area contributed by atoms with E-state index in [1.807, 2.05) is 17.0 Å². The third-order valence-corrected chi connectivity index (χ3v) is 7.50. The Morgan fingerprint density at radius 1 is 1.11 bits per heavy atom. The van der Waals surface area contributed by atoms with Crippen LogP contribution in [0.4, 0.5) is 0 Å². The molecule has 1 fully saturated rings. The quantitative estimate of drug-likeness (QED) is 0.692. The van der Waals surface area contributed by atoms with Crippen molar-refractivity contribution in [2.75, 3.05) is 19.6 Å². The van der Waals surface area contributed by atoms with Gasteiger partial charge in [-0.2, -0.15) is 0 Å². The van der Waals surface area contributed by atoms with Crippen LogP contribution in [0.5, 0.6) is 0 Å². The molecule has 1 aromatic carbocycles. The van der Waals surface area contributed by atoms with E-state index in [9.17, 15) is 4.79 Å². The van der Waals surface area contributed by atoms with Crippen molar-refractivity contribution in [1.29, 1.82) is 0 Å². The lowest BCUT2D eigenvalue weighted by Gasteiger charge is -2.31. The number of piperidine rings is 1. The summed E-state index contributed by atoms with van der Waals surface area (Å²) in [6.45, 7) is 2.25. The third-order valence-electron chi connectivity index (χ3n) is 5.72. The van der Waals surface area contributed by atoms with Crippen LogP contribution in [0.15, 0.2) is 29.6 Å². The largest absolute Gasteiger partial charge is 0.342 e. The SMILES string of the molecule is O=C(CNC1CCC(c2ccc(Cl)c(Cl)c2)c2sccc21)N1CCCCC1. The normalized spacial score (nSPS) is 22.5. The Bertz CT molecular complexity index is 816. The molecule has 1 aliphatic heterocycles. The van der Waals surface area contributed by atoms with Gasteiger partial charge in [0.15, 0.2) is 0 Å². The maximum atomic E-state index is 12.5. The number of benzene rings is 1. The lowest BCUT2D eigenvalue weighted by molar-refractivity contribution is -0.131. The first-order valence-electron chi connectivity index (χ1n) is 9.67. The Kier molecular flexibility index (Phi) is 6.08. The number of nitrogens with zero attached hydrogens (tertiary/aromatic N) is 1. The number of rotatable bonds is 4. The van der Waals surface area contributed by atoms with Gasteiger partial charge in [0.05, 0.1) is 16.6 Å². The molecule has 2 unspecified atom stereocenters. The summed E-state index contributed by atoms with van der Waals surface area (Å²) in [5, 5.41) is 6.88. The Balaban J connectivity index is 1.45. The van der Waals surface area contributed by atoms with Crippen molar-refractivity contribution in [3.05, 3.63) is 55.7 Å². The van der Waals surface area contributed by atoms with Gasteiger partial charge in [-0.25, -0.2) is 0 Å². The molecule has 2 atom stereocenters. The number of hydrogen-bond donors (Lipinski definition) is 1. The van der Waals surface area contributed by atoms with Crippen LogP contribution in [0.2, 0.25) is 10.0 Å². The molecule has 0 radical (unpaired) electrons. The minimum Gasteiger partial charge on any atom is -0.342 e. The molecule has 6 heteroatoms. The molecule has 1 amide bonds. The van der Waals surface area contributed by atoms with Gasteiger partial charge in [0.2, 0.25) is 5.91 Å². The number of carbonyl (C=O) groups is 1. The molecule has 2 aliphatic rings. The Hall–Kier alpha value is -1.07. The van der Waals surface area contributed by atoms with Crippen molar-refractivity contribution in [1.82, 2.24) is 10.2 Å². The summed E-state index contributed by atoms with van der Waals surface area (Å²) < 4.78 is 0. The van der Waals surface area contributed by atoms with Gasteiger partial charge < -0.3 is 10.2 Å². The first-order chi connectivity index (χ1) is 13.1. The van der Waals surface area contributed by atoms with Gasteiger partial charge in [-0.3, -0.25) is 4.79 Å².